The second-order valence-electron chi connectivity index (χ2n) is 9.50. The number of rotatable bonds is 4. The molecular weight excluding hydrogens is 404 g/mol. The molecule has 2 saturated heterocycles. The number of piperazine rings is 1. The van der Waals surface area contributed by atoms with Crippen LogP contribution in [-0.4, -0.2) is 67.3 Å². The van der Waals surface area contributed by atoms with E-state index in [-0.39, 0.29) is 23.6 Å². The average molecular weight is 443 g/mol. The van der Waals surface area contributed by atoms with Crippen molar-refractivity contribution < 1.29 is 14.4 Å². The van der Waals surface area contributed by atoms with Crippen LogP contribution in [0.4, 0.5) is 5.69 Å². The van der Waals surface area contributed by atoms with Crippen molar-refractivity contribution in [2.24, 2.45) is 5.92 Å². The van der Waals surface area contributed by atoms with E-state index < -0.39 is 0 Å². The van der Waals surface area contributed by atoms with Crippen molar-refractivity contribution in [3.05, 3.63) is 29.8 Å². The molecule has 0 bridgehead atoms. The van der Waals surface area contributed by atoms with Crippen molar-refractivity contribution in [1.29, 1.82) is 0 Å². The van der Waals surface area contributed by atoms with Gasteiger partial charge in [0, 0.05) is 38.3 Å². The molecule has 1 atom stereocenters. The van der Waals surface area contributed by atoms with E-state index in [1.807, 2.05) is 12.1 Å². The Bertz CT molecular complexity index is 766. The second-order valence-corrected chi connectivity index (χ2v) is 9.50. The van der Waals surface area contributed by atoms with E-state index >= 15 is 0 Å². The highest BCUT2D eigenvalue weighted by atomic mass is 16.2. The monoisotopic (exact) mass is 442 g/mol. The Kier molecular flexibility index (Phi) is 9.23. The molecule has 1 aromatic carbocycles. The minimum absolute atomic E-state index is 0.0293. The van der Waals surface area contributed by atoms with Crippen LogP contribution < -0.4 is 10.6 Å². The number of benzene rings is 1. The van der Waals surface area contributed by atoms with E-state index in [1.54, 1.807) is 12.1 Å². The Balaban J connectivity index is 0.000000352. The van der Waals surface area contributed by atoms with Gasteiger partial charge in [-0.1, -0.05) is 51.2 Å². The zero-order chi connectivity index (χ0) is 22.9. The summed E-state index contributed by atoms with van der Waals surface area (Å²) in [5, 5.41) is 5.27. The van der Waals surface area contributed by atoms with E-state index in [1.165, 1.54) is 32.1 Å². The first-order valence-electron chi connectivity index (χ1n) is 12.0. The maximum absolute atomic E-state index is 12.2. The maximum Gasteiger partial charge on any atom is 0.238 e. The molecule has 3 aliphatic rings. The molecule has 2 aliphatic heterocycles. The SMILES string of the molecule is CC1CCCCC1.CN1CCN(CC(=O)Nc2ccc(C3CCC(=O)NC3=O)cc2)CC1. The quantitative estimate of drug-likeness (QED) is 0.701. The molecule has 2 heterocycles. The van der Waals surface area contributed by atoms with Crippen LogP contribution in [0.2, 0.25) is 0 Å². The van der Waals surface area contributed by atoms with Gasteiger partial charge in [-0.25, -0.2) is 0 Å². The lowest BCUT2D eigenvalue weighted by molar-refractivity contribution is -0.134. The first-order valence-corrected chi connectivity index (χ1v) is 12.0. The molecule has 0 aromatic heterocycles. The summed E-state index contributed by atoms with van der Waals surface area (Å²) in [5.74, 6) is 0.247. The molecule has 3 fully saturated rings. The van der Waals surface area contributed by atoms with Gasteiger partial charge >= 0.3 is 0 Å². The standard InChI is InChI=1S/C18H24N4O3.C7H14/c1-21-8-10-22(11-9-21)12-17(24)19-14-4-2-13(3-5-14)15-6-7-16(23)20-18(15)25;1-7-5-3-2-4-6-7/h2-5,15H,6-12H2,1H3,(H,19,24)(H,20,23,25);7H,2-6H2,1H3. The van der Waals surface area contributed by atoms with E-state index in [2.05, 4.69) is 34.4 Å². The number of carbonyl (C=O) groups excluding carboxylic acids is 3. The molecule has 1 saturated carbocycles. The highest BCUT2D eigenvalue weighted by molar-refractivity contribution is 6.01. The van der Waals surface area contributed by atoms with Crippen molar-refractivity contribution in [1.82, 2.24) is 15.1 Å². The summed E-state index contributed by atoms with van der Waals surface area (Å²) in [7, 11) is 2.08. The highest BCUT2D eigenvalue weighted by Gasteiger charge is 2.27. The predicted molar refractivity (Wildman–Crippen MR) is 126 cm³/mol. The molecule has 2 N–H and O–H groups in total. The molecule has 7 heteroatoms. The summed E-state index contributed by atoms with van der Waals surface area (Å²) in [6.45, 7) is 6.51. The Morgan fingerprint density at radius 3 is 2.22 bits per heavy atom. The van der Waals surface area contributed by atoms with Crippen LogP contribution in [0, 0.1) is 5.92 Å². The normalized spacial score (nSPS) is 23.1. The van der Waals surface area contributed by atoms with Gasteiger partial charge in [0.1, 0.15) is 0 Å². The third-order valence-corrected chi connectivity index (χ3v) is 6.69. The maximum atomic E-state index is 12.2. The van der Waals surface area contributed by atoms with Gasteiger partial charge in [-0.2, -0.15) is 0 Å². The lowest BCUT2D eigenvalue weighted by Crippen LogP contribution is -2.47. The molecular formula is C25H38N4O3. The average Bonchev–Trinajstić information content (AvgIpc) is 2.77. The lowest BCUT2D eigenvalue weighted by atomic mass is 9.90. The number of carbonyl (C=O) groups is 3. The molecule has 7 nitrogen and oxygen atoms in total. The van der Waals surface area contributed by atoms with Gasteiger partial charge in [-0.05, 0) is 37.1 Å². The first kappa shape index (κ1) is 24.4. The van der Waals surface area contributed by atoms with Crippen molar-refractivity contribution in [3.8, 4) is 0 Å². The van der Waals surface area contributed by atoms with Gasteiger partial charge in [-0.3, -0.25) is 24.6 Å². The number of hydrogen-bond donors (Lipinski definition) is 2. The van der Waals surface area contributed by atoms with Crippen LogP contribution in [0.15, 0.2) is 24.3 Å². The Morgan fingerprint density at radius 1 is 1.00 bits per heavy atom. The Hall–Kier alpha value is -2.25. The van der Waals surface area contributed by atoms with Gasteiger partial charge in [0.05, 0.1) is 12.5 Å². The molecule has 3 amide bonds. The van der Waals surface area contributed by atoms with E-state index in [0.29, 0.717) is 19.4 Å². The van der Waals surface area contributed by atoms with Gasteiger partial charge in [0.15, 0.2) is 0 Å². The molecule has 1 aromatic rings. The van der Waals surface area contributed by atoms with Crippen LogP contribution in [0.25, 0.3) is 0 Å². The highest BCUT2D eigenvalue weighted by Crippen LogP contribution is 2.26. The second kappa shape index (κ2) is 12.1. The third kappa shape index (κ3) is 7.71. The number of anilines is 1. The summed E-state index contributed by atoms with van der Waals surface area (Å²) in [5.41, 5.74) is 1.58. The van der Waals surface area contributed by atoms with Gasteiger partial charge < -0.3 is 10.2 Å². The van der Waals surface area contributed by atoms with Crippen molar-refractivity contribution in [2.45, 2.75) is 57.8 Å². The van der Waals surface area contributed by atoms with Crippen LogP contribution >= 0.6 is 0 Å². The summed E-state index contributed by atoms with van der Waals surface area (Å²) in [6, 6.07) is 7.29. The first-order chi connectivity index (χ1) is 15.4. The smallest absolute Gasteiger partial charge is 0.238 e. The summed E-state index contributed by atoms with van der Waals surface area (Å²) >= 11 is 0. The molecule has 176 valence electrons. The van der Waals surface area contributed by atoms with Crippen LogP contribution in [0.3, 0.4) is 0 Å². The minimum atomic E-state index is -0.298. The number of piperidine rings is 1. The predicted octanol–water partition coefficient (Wildman–Crippen LogP) is 2.98. The Labute approximate surface area is 191 Å². The topological polar surface area (TPSA) is 81.8 Å². The van der Waals surface area contributed by atoms with E-state index in [9.17, 15) is 14.4 Å². The summed E-state index contributed by atoms with van der Waals surface area (Å²) in [4.78, 5) is 39.7. The van der Waals surface area contributed by atoms with Crippen molar-refractivity contribution in [3.63, 3.8) is 0 Å². The summed E-state index contributed by atoms with van der Waals surface area (Å²) < 4.78 is 0. The number of nitrogens with zero attached hydrogens (tertiary/aromatic N) is 2. The molecule has 1 unspecified atom stereocenters. The molecule has 4 rings (SSSR count). The van der Waals surface area contributed by atoms with Crippen LogP contribution in [0.1, 0.15) is 63.4 Å². The van der Waals surface area contributed by atoms with Gasteiger partial charge in [-0.15, -0.1) is 0 Å². The minimum Gasteiger partial charge on any atom is -0.325 e. The number of hydrogen-bond acceptors (Lipinski definition) is 5. The molecule has 0 radical (unpaired) electrons. The van der Waals surface area contributed by atoms with Crippen molar-refractivity contribution >= 4 is 23.4 Å². The number of likely N-dealkylation sites (N-methyl/N-ethyl adjacent to an activating group) is 1. The van der Waals surface area contributed by atoms with Crippen LogP contribution in [0.5, 0.6) is 0 Å². The van der Waals surface area contributed by atoms with Crippen LogP contribution in [-0.2, 0) is 14.4 Å². The van der Waals surface area contributed by atoms with Gasteiger partial charge in [0.25, 0.3) is 0 Å². The Morgan fingerprint density at radius 2 is 1.66 bits per heavy atom. The fourth-order valence-electron chi connectivity index (χ4n) is 4.53. The van der Waals surface area contributed by atoms with Gasteiger partial charge in [0.2, 0.25) is 17.7 Å². The van der Waals surface area contributed by atoms with Crippen molar-refractivity contribution in [2.75, 3.05) is 45.1 Å². The zero-order valence-corrected chi connectivity index (χ0v) is 19.6. The zero-order valence-electron chi connectivity index (χ0n) is 19.6. The number of nitrogens with one attached hydrogen (secondary N) is 2. The lowest BCUT2D eigenvalue weighted by Gasteiger charge is -2.31. The third-order valence-electron chi connectivity index (χ3n) is 6.69. The van der Waals surface area contributed by atoms with E-state index in [4.69, 9.17) is 0 Å². The fraction of sp³-hybridized carbons (Fsp3) is 0.640. The molecule has 0 spiro atoms. The number of amides is 3. The largest absolute Gasteiger partial charge is 0.325 e. The fourth-order valence-corrected chi connectivity index (χ4v) is 4.53. The van der Waals surface area contributed by atoms with E-state index in [0.717, 1.165) is 43.3 Å². The molecule has 1 aliphatic carbocycles. The number of imide groups is 1. The summed E-state index contributed by atoms with van der Waals surface area (Å²) in [6.07, 6.45) is 8.33. The molecule has 32 heavy (non-hydrogen) atoms.